The van der Waals surface area contributed by atoms with E-state index in [0.29, 0.717) is 16.8 Å². The van der Waals surface area contributed by atoms with Crippen LogP contribution in [0, 0.1) is 11.3 Å². The molecule has 1 aliphatic rings. The molecule has 0 saturated carbocycles. The average molecular weight is 613 g/mol. The van der Waals surface area contributed by atoms with Gasteiger partial charge in [0.05, 0.1) is 11.3 Å². The Kier molecular flexibility index (Phi) is 8.01. The van der Waals surface area contributed by atoms with Crippen molar-refractivity contribution in [3.8, 4) is 6.07 Å². The number of ketones is 1. The first-order chi connectivity index (χ1) is 19.4. The number of hydrogen-bond acceptors (Lipinski definition) is 6. The minimum atomic E-state index is -1.06. The highest BCUT2D eigenvalue weighted by molar-refractivity contribution is 9.10. The molecule has 4 aromatic rings. The molecule has 40 heavy (non-hydrogen) atoms. The number of carboxylic acid groups (broad SMARTS) is 1. The molecule has 7 nitrogen and oxygen atoms in total. The normalized spacial score (nSPS) is 12.2. The molecule has 0 spiro atoms. The summed E-state index contributed by atoms with van der Waals surface area (Å²) in [6.45, 7) is 0.261. The topological polar surface area (TPSA) is 119 Å². The van der Waals surface area contributed by atoms with Gasteiger partial charge in [-0.15, -0.1) is 0 Å². The van der Waals surface area contributed by atoms with E-state index in [0.717, 1.165) is 30.6 Å². The molecule has 3 N–H and O–H groups in total. The summed E-state index contributed by atoms with van der Waals surface area (Å²) in [7, 11) is 0. The van der Waals surface area contributed by atoms with Gasteiger partial charge in [0.15, 0.2) is 0 Å². The minimum Gasteiger partial charge on any atom is -0.478 e. The first-order valence-electron chi connectivity index (χ1n) is 12.4. The summed E-state index contributed by atoms with van der Waals surface area (Å²) >= 11 is 5.05. The van der Waals surface area contributed by atoms with Gasteiger partial charge in [-0.3, -0.25) is 9.59 Å². The summed E-state index contributed by atoms with van der Waals surface area (Å²) in [4.78, 5) is 39.3. The lowest BCUT2D eigenvalue weighted by molar-refractivity contribution is -0.121. The summed E-state index contributed by atoms with van der Waals surface area (Å²) in [5, 5.41) is 26.8. The van der Waals surface area contributed by atoms with Crippen molar-refractivity contribution < 1.29 is 19.5 Å². The van der Waals surface area contributed by atoms with Gasteiger partial charge < -0.3 is 15.7 Å². The van der Waals surface area contributed by atoms with E-state index in [2.05, 4.69) is 32.6 Å². The number of allylic oxidation sites excluding steroid dienone is 1. The van der Waals surface area contributed by atoms with Crippen LogP contribution in [0.2, 0.25) is 0 Å². The van der Waals surface area contributed by atoms with Crippen LogP contribution in [-0.4, -0.2) is 29.3 Å². The van der Waals surface area contributed by atoms with Crippen molar-refractivity contribution in [3.05, 3.63) is 111 Å². The molecule has 1 aliphatic carbocycles. The Bertz CT molecular complexity index is 1740. The third-order valence-electron chi connectivity index (χ3n) is 6.52. The van der Waals surface area contributed by atoms with E-state index in [4.69, 9.17) is 0 Å². The number of amides is 1. The Morgan fingerprint density at radius 2 is 1.73 bits per heavy atom. The Morgan fingerprint density at radius 1 is 0.950 bits per heavy atom. The standard InChI is InChI=1S/C31H22BrN3O4S/c32-19-8-10-20(11-9-19)40-26-13-12-23-28-22(26)6-3-7-24(28)30(37)25(16-33)29(23)34-15-14-27(36)35-17-18-4-1-2-5-21(18)31(38)39/h1-13,34H,14-15,17H2,(H,35,36)(H,38,39). The van der Waals surface area contributed by atoms with E-state index in [-0.39, 0.29) is 42.3 Å². The van der Waals surface area contributed by atoms with E-state index in [9.17, 15) is 24.8 Å². The first kappa shape index (κ1) is 27.2. The Balaban J connectivity index is 1.35. The fourth-order valence-electron chi connectivity index (χ4n) is 4.64. The molecule has 9 heteroatoms. The number of aromatic carboxylic acids is 1. The van der Waals surface area contributed by atoms with E-state index >= 15 is 0 Å². The van der Waals surface area contributed by atoms with E-state index in [1.807, 2.05) is 48.5 Å². The number of rotatable bonds is 9. The highest BCUT2D eigenvalue weighted by Gasteiger charge is 2.28. The van der Waals surface area contributed by atoms with Crippen LogP contribution in [0.15, 0.2) is 98.7 Å². The quantitative estimate of drug-likeness (QED) is 0.207. The number of halogens is 1. The maximum atomic E-state index is 13.3. The van der Waals surface area contributed by atoms with Crippen molar-refractivity contribution in [1.82, 2.24) is 10.6 Å². The zero-order valence-corrected chi connectivity index (χ0v) is 23.4. The van der Waals surface area contributed by atoms with Crippen LogP contribution in [0.5, 0.6) is 0 Å². The second-order valence-corrected chi connectivity index (χ2v) is 11.0. The maximum absolute atomic E-state index is 13.3. The third-order valence-corrected chi connectivity index (χ3v) is 8.13. The van der Waals surface area contributed by atoms with Gasteiger partial charge in [-0.25, -0.2) is 4.79 Å². The molecule has 198 valence electrons. The summed E-state index contributed by atoms with van der Waals surface area (Å²) < 4.78 is 0.989. The summed E-state index contributed by atoms with van der Waals surface area (Å²) in [6, 6.07) is 25.9. The van der Waals surface area contributed by atoms with Crippen molar-refractivity contribution in [2.45, 2.75) is 22.8 Å². The lowest BCUT2D eigenvalue weighted by Gasteiger charge is -2.22. The predicted molar refractivity (Wildman–Crippen MR) is 157 cm³/mol. The molecule has 0 atom stereocenters. The van der Waals surface area contributed by atoms with Gasteiger partial charge in [0, 0.05) is 50.3 Å². The highest BCUT2D eigenvalue weighted by Crippen LogP contribution is 2.41. The number of nitrogens with one attached hydrogen (secondary N) is 2. The third kappa shape index (κ3) is 5.50. The SMILES string of the molecule is N#CC1=C(NCCC(=O)NCc2ccccc2C(=O)O)c2ccc(Sc3ccc(Br)cc3)c3cccc(c23)C1=O. The number of nitriles is 1. The van der Waals surface area contributed by atoms with Crippen molar-refractivity contribution in [3.63, 3.8) is 0 Å². The number of carboxylic acids is 1. The minimum absolute atomic E-state index is 0.00380. The van der Waals surface area contributed by atoms with Crippen LogP contribution in [-0.2, 0) is 11.3 Å². The number of hydrogen-bond donors (Lipinski definition) is 3. The summed E-state index contributed by atoms with van der Waals surface area (Å²) in [6.07, 6.45) is 0.0634. The molecule has 0 heterocycles. The molecule has 0 aromatic heterocycles. The molecule has 0 saturated heterocycles. The van der Waals surface area contributed by atoms with Gasteiger partial charge in [0.1, 0.15) is 11.6 Å². The molecule has 0 bridgehead atoms. The number of carbonyl (C=O) groups excluding carboxylic acids is 2. The number of Topliss-reactive ketones (excluding diaryl/α,β-unsaturated/α-hetero) is 1. The summed E-state index contributed by atoms with van der Waals surface area (Å²) in [5.74, 6) is -1.71. The van der Waals surface area contributed by atoms with Crippen LogP contribution in [0.3, 0.4) is 0 Å². The van der Waals surface area contributed by atoms with Gasteiger partial charge in [0.25, 0.3) is 0 Å². The van der Waals surface area contributed by atoms with Crippen LogP contribution in [0.25, 0.3) is 16.5 Å². The number of nitrogens with zero attached hydrogens (tertiary/aromatic N) is 1. The maximum Gasteiger partial charge on any atom is 0.336 e. The first-order valence-corrected chi connectivity index (χ1v) is 14.0. The Labute approximate surface area is 243 Å². The van der Waals surface area contributed by atoms with Crippen LogP contribution >= 0.6 is 27.7 Å². The molecule has 0 radical (unpaired) electrons. The number of carbonyl (C=O) groups is 3. The van der Waals surface area contributed by atoms with Crippen LogP contribution in [0.4, 0.5) is 0 Å². The highest BCUT2D eigenvalue weighted by atomic mass is 79.9. The molecular formula is C31H22BrN3O4S. The van der Waals surface area contributed by atoms with Crippen molar-refractivity contribution >= 4 is 61.8 Å². The molecule has 5 rings (SSSR count). The second kappa shape index (κ2) is 11.8. The van der Waals surface area contributed by atoms with E-state index in [1.54, 1.807) is 36.0 Å². The van der Waals surface area contributed by atoms with Crippen LogP contribution in [0.1, 0.15) is 38.3 Å². The van der Waals surface area contributed by atoms with Crippen molar-refractivity contribution in [1.29, 1.82) is 5.26 Å². The van der Waals surface area contributed by atoms with Gasteiger partial charge in [-0.05, 0) is 47.3 Å². The Morgan fingerprint density at radius 3 is 2.48 bits per heavy atom. The zero-order chi connectivity index (χ0) is 28.2. The molecule has 0 unspecified atom stereocenters. The average Bonchev–Trinajstić information content (AvgIpc) is 2.96. The van der Waals surface area contributed by atoms with E-state index < -0.39 is 5.97 Å². The van der Waals surface area contributed by atoms with Crippen molar-refractivity contribution in [2.75, 3.05) is 6.54 Å². The van der Waals surface area contributed by atoms with Gasteiger partial charge in [0.2, 0.25) is 11.7 Å². The number of benzene rings is 4. The fourth-order valence-corrected chi connectivity index (χ4v) is 5.84. The largest absolute Gasteiger partial charge is 0.478 e. The molecule has 0 aliphatic heterocycles. The molecular weight excluding hydrogens is 590 g/mol. The van der Waals surface area contributed by atoms with Crippen LogP contribution < -0.4 is 10.6 Å². The summed E-state index contributed by atoms with van der Waals surface area (Å²) in [5.41, 5.74) is 2.25. The van der Waals surface area contributed by atoms with Crippen molar-refractivity contribution in [2.24, 2.45) is 0 Å². The molecule has 0 fully saturated rings. The van der Waals surface area contributed by atoms with Gasteiger partial charge in [-0.1, -0.05) is 70.2 Å². The van der Waals surface area contributed by atoms with E-state index in [1.165, 1.54) is 6.07 Å². The fraction of sp³-hybridized carbons (Fsp3) is 0.0968. The van der Waals surface area contributed by atoms with Gasteiger partial charge >= 0.3 is 5.97 Å². The monoisotopic (exact) mass is 611 g/mol. The zero-order valence-electron chi connectivity index (χ0n) is 21.0. The molecule has 4 aromatic carbocycles. The smallest absolute Gasteiger partial charge is 0.336 e. The second-order valence-electron chi connectivity index (χ2n) is 9.00. The van der Waals surface area contributed by atoms with Gasteiger partial charge in [-0.2, -0.15) is 5.26 Å². The molecule has 1 amide bonds. The lowest BCUT2D eigenvalue weighted by Crippen LogP contribution is -2.29. The predicted octanol–water partition coefficient (Wildman–Crippen LogP) is 6.18. The lowest BCUT2D eigenvalue weighted by atomic mass is 9.86. The Hall–Kier alpha value is -4.39.